The Balaban J connectivity index is 1.52. The van der Waals surface area contributed by atoms with E-state index in [1.807, 2.05) is 31.2 Å². The monoisotopic (exact) mass is 429 g/mol. The third-order valence-electron chi connectivity index (χ3n) is 3.91. The number of ether oxygens (including phenoxy) is 1. The molecule has 0 aliphatic heterocycles. The Kier molecular flexibility index (Phi) is 7.21. The van der Waals surface area contributed by atoms with Crippen molar-refractivity contribution in [3.8, 4) is 5.75 Å². The van der Waals surface area contributed by atoms with Gasteiger partial charge in [-0.1, -0.05) is 35.9 Å². The summed E-state index contributed by atoms with van der Waals surface area (Å²) < 4.78 is 5.44. The summed E-state index contributed by atoms with van der Waals surface area (Å²) in [7, 11) is 0. The van der Waals surface area contributed by atoms with Gasteiger partial charge in [0.25, 0.3) is 5.91 Å². The highest BCUT2D eigenvalue weighted by Gasteiger charge is 2.14. The van der Waals surface area contributed by atoms with Gasteiger partial charge in [-0.2, -0.15) is 0 Å². The molecular formula is C21H20ClN3O3S. The number of thiazole rings is 1. The van der Waals surface area contributed by atoms with Gasteiger partial charge in [0.1, 0.15) is 5.75 Å². The highest BCUT2D eigenvalue weighted by atomic mass is 35.5. The number of benzene rings is 2. The zero-order valence-corrected chi connectivity index (χ0v) is 17.3. The van der Waals surface area contributed by atoms with Gasteiger partial charge in [-0.15, -0.1) is 11.3 Å². The lowest BCUT2D eigenvalue weighted by Crippen LogP contribution is -2.33. The van der Waals surface area contributed by atoms with Gasteiger partial charge < -0.3 is 15.4 Å². The molecule has 3 rings (SSSR count). The Morgan fingerprint density at radius 1 is 1.17 bits per heavy atom. The number of carbonyl (C=O) groups excluding carboxylic acids is 2. The van der Waals surface area contributed by atoms with E-state index >= 15 is 0 Å². The minimum absolute atomic E-state index is 0.164. The third-order valence-corrected chi connectivity index (χ3v) is 5.06. The number of hydrogen-bond donors (Lipinski definition) is 2. The number of para-hydroxylation sites is 1. The quantitative estimate of drug-likeness (QED) is 0.563. The molecule has 0 aliphatic carbocycles. The number of hydrogen-bond acceptors (Lipinski definition) is 5. The minimum Gasteiger partial charge on any atom is -0.493 e. The molecule has 0 atom stereocenters. The Morgan fingerprint density at radius 2 is 2.00 bits per heavy atom. The fraction of sp³-hybridized carbons (Fsp3) is 0.190. The van der Waals surface area contributed by atoms with Gasteiger partial charge in [0.2, 0.25) is 5.91 Å². The lowest BCUT2D eigenvalue weighted by Gasteiger charge is -2.10. The van der Waals surface area contributed by atoms with Gasteiger partial charge in [0.15, 0.2) is 5.13 Å². The molecule has 0 radical (unpaired) electrons. The van der Waals surface area contributed by atoms with Crippen molar-refractivity contribution in [3.05, 3.63) is 75.8 Å². The topological polar surface area (TPSA) is 80.3 Å². The highest BCUT2D eigenvalue weighted by molar-refractivity contribution is 7.15. The van der Waals surface area contributed by atoms with E-state index in [0.717, 1.165) is 10.4 Å². The summed E-state index contributed by atoms with van der Waals surface area (Å²) in [5.41, 5.74) is 1.46. The molecule has 0 aliphatic rings. The Labute approximate surface area is 177 Å². The second kappa shape index (κ2) is 10.0. The number of carbonyl (C=O) groups is 2. The number of rotatable bonds is 8. The summed E-state index contributed by atoms with van der Waals surface area (Å²) in [6.07, 6.45) is 2.40. The number of amides is 2. The first kappa shape index (κ1) is 20.8. The molecule has 0 fully saturated rings. The van der Waals surface area contributed by atoms with E-state index in [0.29, 0.717) is 34.5 Å². The molecule has 8 heteroatoms. The predicted octanol–water partition coefficient (Wildman–Crippen LogP) is 4.15. The fourth-order valence-corrected chi connectivity index (χ4v) is 3.73. The maximum atomic E-state index is 12.3. The smallest absolute Gasteiger partial charge is 0.255 e. The van der Waals surface area contributed by atoms with Gasteiger partial charge in [-0.25, -0.2) is 4.98 Å². The third kappa shape index (κ3) is 6.04. The fourth-order valence-electron chi connectivity index (χ4n) is 2.65. The molecule has 29 heavy (non-hydrogen) atoms. The SMILES string of the molecule is CCOc1ccccc1C(=O)NCC(=O)Nc1ncc(Cc2cccc(Cl)c2)s1. The summed E-state index contributed by atoms with van der Waals surface area (Å²) in [5.74, 6) is -0.237. The van der Waals surface area contributed by atoms with Crippen LogP contribution in [0.2, 0.25) is 5.02 Å². The van der Waals surface area contributed by atoms with Crippen LogP contribution in [0.4, 0.5) is 5.13 Å². The minimum atomic E-state index is -0.370. The van der Waals surface area contributed by atoms with Crippen molar-refractivity contribution in [2.75, 3.05) is 18.5 Å². The van der Waals surface area contributed by atoms with Gasteiger partial charge in [-0.05, 0) is 36.8 Å². The second-order valence-electron chi connectivity index (χ2n) is 6.10. The molecule has 0 unspecified atom stereocenters. The summed E-state index contributed by atoms with van der Waals surface area (Å²) in [6.45, 7) is 2.13. The van der Waals surface area contributed by atoms with E-state index in [-0.39, 0.29) is 18.4 Å². The molecule has 1 heterocycles. The highest BCUT2D eigenvalue weighted by Crippen LogP contribution is 2.22. The van der Waals surface area contributed by atoms with Crippen LogP contribution in [0.5, 0.6) is 5.75 Å². The number of aromatic nitrogens is 1. The van der Waals surface area contributed by atoms with E-state index in [2.05, 4.69) is 15.6 Å². The molecule has 0 bridgehead atoms. The summed E-state index contributed by atoms with van der Waals surface area (Å²) in [6, 6.07) is 14.5. The average molecular weight is 430 g/mol. The molecule has 2 amide bonds. The first-order valence-electron chi connectivity index (χ1n) is 9.04. The van der Waals surface area contributed by atoms with Crippen molar-refractivity contribution in [3.63, 3.8) is 0 Å². The van der Waals surface area contributed by atoms with Crippen molar-refractivity contribution >= 4 is 39.9 Å². The van der Waals surface area contributed by atoms with Gasteiger partial charge in [0.05, 0.1) is 18.7 Å². The molecule has 0 saturated heterocycles. The van der Waals surface area contributed by atoms with E-state index in [9.17, 15) is 9.59 Å². The van der Waals surface area contributed by atoms with Crippen LogP contribution in [-0.2, 0) is 11.2 Å². The number of nitrogens with zero attached hydrogens (tertiary/aromatic N) is 1. The second-order valence-corrected chi connectivity index (χ2v) is 7.65. The van der Waals surface area contributed by atoms with Crippen molar-refractivity contribution in [1.82, 2.24) is 10.3 Å². The largest absolute Gasteiger partial charge is 0.493 e. The molecule has 150 valence electrons. The molecule has 2 N–H and O–H groups in total. The predicted molar refractivity (Wildman–Crippen MR) is 115 cm³/mol. The first-order chi connectivity index (χ1) is 14.0. The van der Waals surface area contributed by atoms with Gasteiger partial charge in [-0.3, -0.25) is 9.59 Å². The van der Waals surface area contributed by atoms with E-state index in [1.165, 1.54) is 11.3 Å². The van der Waals surface area contributed by atoms with Gasteiger partial charge >= 0.3 is 0 Å². The maximum absolute atomic E-state index is 12.3. The lowest BCUT2D eigenvalue weighted by molar-refractivity contribution is -0.115. The van der Waals surface area contributed by atoms with Crippen molar-refractivity contribution in [2.45, 2.75) is 13.3 Å². The van der Waals surface area contributed by atoms with Crippen LogP contribution in [0.25, 0.3) is 0 Å². The van der Waals surface area contributed by atoms with Crippen LogP contribution >= 0.6 is 22.9 Å². The van der Waals surface area contributed by atoms with E-state index in [4.69, 9.17) is 16.3 Å². The van der Waals surface area contributed by atoms with Crippen LogP contribution in [0.3, 0.4) is 0 Å². The van der Waals surface area contributed by atoms with Crippen molar-refractivity contribution in [1.29, 1.82) is 0 Å². The zero-order valence-electron chi connectivity index (χ0n) is 15.8. The van der Waals surface area contributed by atoms with Crippen molar-refractivity contribution in [2.24, 2.45) is 0 Å². The molecule has 0 spiro atoms. The van der Waals surface area contributed by atoms with Crippen molar-refractivity contribution < 1.29 is 14.3 Å². The molecule has 0 saturated carbocycles. The van der Waals surface area contributed by atoms with E-state index < -0.39 is 0 Å². The van der Waals surface area contributed by atoms with E-state index in [1.54, 1.807) is 30.5 Å². The normalized spacial score (nSPS) is 10.4. The molecule has 3 aromatic rings. The number of nitrogens with one attached hydrogen (secondary N) is 2. The standard InChI is InChI=1S/C21H20ClN3O3S/c1-2-28-18-9-4-3-8-17(18)20(27)23-13-19(26)25-21-24-12-16(29-21)11-14-6-5-7-15(22)10-14/h3-10,12H,2,11,13H2,1H3,(H,23,27)(H,24,25,26). The number of anilines is 1. The Morgan fingerprint density at radius 3 is 2.79 bits per heavy atom. The average Bonchev–Trinajstić information content (AvgIpc) is 3.13. The number of halogens is 1. The first-order valence-corrected chi connectivity index (χ1v) is 10.2. The van der Waals surface area contributed by atoms with Crippen LogP contribution in [0.1, 0.15) is 27.7 Å². The Hall–Kier alpha value is -2.90. The molecular weight excluding hydrogens is 410 g/mol. The molecule has 6 nitrogen and oxygen atoms in total. The summed E-state index contributed by atoms with van der Waals surface area (Å²) in [5, 5.41) is 6.47. The maximum Gasteiger partial charge on any atom is 0.255 e. The summed E-state index contributed by atoms with van der Waals surface area (Å²) >= 11 is 7.39. The molecule has 2 aromatic carbocycles. The van der Waals surface area contributed by atoms with Crippen LogP contribution in [0, 0.1) is 0 Å². The Bertz CT molecular complexity index is 1010. The zero-order chi connectivity index (χ0) is 20.6. The summed E-state index contributed by atoms with van der Waals surface area (Å²) in [4.78, 5) is 29.7. The van der Waals surface area contributed by atoms with Crippen LogP contribution in [0.15, 0.2) is 54.7 Å². The van der Waals surface area contributed by atoms with Crippen LogP contribution < -0.4 is 15.4 Å². The van der Waals surface area contributed by atoms with Crippen LogP contribution in [-0.4, -0.2) is 29.9 Å². The lowest BCUT2D eigenvalue weighted by atomic mass is 10.1. The molecule has 1 aromatic heterocycles. The van der Waals surface area contributed by atoms with Gasteiger partial charge in [0, 0.05) is 22.5 Å².